The van der Waals surface area contributed by atoms with Crippen LogP contribution in [0.15, 0.2) is 18.2 Å². The van der Waals surface area contributed by atoms with Crippen LogP contribution in [0.5, 0.6) is 0 Å². The fourth-order valence-corrected chi connectivity index (χ4v) is 1.53. The van der Waals surface area contributed by atoms with Crippen LogP contribution in [0, 0.1) is 17.0 Å². The molecule has 0 heterocycles. The highest BCUT2D eigenvalue weighted by Gasteiger charge is 2.14. The molecule has 0 saturated heterocycles. The molecule has 18 heavy (non-hydrogen) atoms. The highest BCUT2D eigenvalue weighted by molar-refractivity contribution is 5.92. The van der Waals surface area contributed by atoms with Gasteiger partial charge in [0.25, 0.3) is 5.69 Å². The van der Waals surface area contributed by atoms with Crippen molar-refractivity contribution in [3.8, 4) is 0 Å². The average Bonchev–Trinajstić information content (AvgIpc) is 2.29. The van der Waals surface area contributed by atoms with E-state index in [0.717, 1.165) is 0 Å². The third kappa shape index (κ3) is 3.81. The zero-order valence-electron chi connectivity index (χ0n) is 10.5. The maximum atomic E-state index is 11.6. The fraction of sp³-hybridized carbons (Fsp3) is 0.417. The van der Waals surface area contributed by atoms with Gasteiger partial charge in [-0.1, -0.05) is 6.07 Å². The molecule has 0 aliphatic heterocycles. The topological polar surface area (TPSA) is 98.3 Å². The minimum Gasteiger partial charge on any atom is -0.328 e. The molecule has 1 unspecified atom stereocenters. The molecule has 1 aromatic rings. The minimum absolute atomic E-state index is 0.00000656. The number of nitro benzene ring substituents is 1. The number of nitro groups is 1. The van der Waals surface area contributed by atoms with Crippen LogP contribution in [0.3, 0.4) is 0 Å². The third-order valence-electron chi connectivity index (χ3n) is 2.60. The first-order valence-corrected chi connectivity index (χ1v) is 5.71. The first-order valence-electron chi connectivity index (χ1n) is 5.71. The smallest absolute Gasteiger partial charge is 0.274 e. The van der Waals surface area contributed by atoms with Gasteiger partial charge in [-0.05, 0) is 26.3 Å². The largest absolute Gasteiger partial charge is 0.328 e. The summed E-state index contributed by atoms with van der Waals surface area (Å²) >= 11 is 0. The number of anilines is 1. The molecule has 1 rings (SSSR count). The van der Waals surface area contributed by atoms with Crippen LogP contribution >= 0.6 is 0 Å². The number of rotatable bonds is 5. The molecule has 0 bridgehead atoms. The van der Waals surface area contributed by atoms with Crippen LogP contribution < -0.4 is 11.1 Å². The Morgan fingerprint density at radius 1 is 1.56 bits per heavy atom. The first-order chi connectivity index (χ1) is 8.41. The molecule has 0 radical (unpaired) electrons. The lowest BCUT2D eigenvalue weighted by Crippen LogP contribution is -2.19. The lowest BCUT2D eigenvalue weighted by molar-refractivity contribution is -0.385. The van der Waals surface area contributed by atoms with Gasteiger partial charge in [-0.3, -0.25) is 14.9 Å². The van der Waals surface area contributed by atoms with Gasteiger partial charge < -0.3 is 11.1 Å². The molecule has 6 heteroatoms. The van der Waals surface area contributed by atoms with Gasteiger partial charge in [0.15, 0.2) is 0 Å². The number of carbonyl (C=O) groups is 1. The van der Waals surface area contributed by atoms with Crippen molar-refractivity contribution in [2.45, 2.75) is 32.7 Å². The maximum Gasteiger partial charge on any atom is 0.274 e. The molecule has 98 valence electrons. The molecule has 0 spiro atoms. The van der Waals surface area contributed by atoms with Crippen LogP contribution in [0.4, 0.5) is 11.4 Å². The predicted octanol–water partition coefficient (Wildman–Crippen LogP) is 1.97. The van der Waals surface area contributed by atoms with Gasteiger partial charge in [0.2, 0.25) is 5.91 Å². The zero-order chi connectivity index (χ0) is 13.7. The van der Waals surface area contributed by atoms with Gasteiger partial charge in [-0.2, -0.15) is 0 Å². The standard InChI is InChI=1S/C12H17N3O3/c1-8(13)6-7-12(16)14-10-4-3-5-11(9(10)2)15(17)18/h3-5,8H,6-7,13H2,1-2H3,(H,14,16). The predicted molar refractivity (Wildman–Crippen MR) is 69.3 cm³/mol. The van der Waals surface area contributed by atoms with E-state index in [1.54, 1.807) is 19.1 Å². The Kier molecular flexibility index (Phi) is 4.79. The fourth-order valence-electron chi connectivity index (χ4n) is 1.53. The lowest BCUT2D eigenvalue weighted by Gasteiger charge is -2.09. The van der Waals surface area contributed by atoms with E-state index in [-0.39, 0.29) is 17.6 Å². The monoisotopic (exact) mass is 251 g/mol. The Morgan fingerprint density at radius 2 is 2.22 bits per heavy atom. The summed E-state index contributed by atoms with van der Waals surface area (Å²) < 4.78 is 0. The maximum absolute atomic E-state index is 11.6. The van der Waals surface area contributed by atoms with Crippen LogP contribution in [-0.4, -0.2) is 16.9 Å². The Labute approximate surface area is 105 Å². The van der Waals surface area contributed by atoms with Crippen LogP contribution in [0.1, 0.15) is 25.3 Å². The van der Waals surface area contributed by atoms with Gasteiger partial charge in [0, 0.05) is 18.5 Å². The highest BCUT2D eigenvalue weighted by Crippen LogP contribution is 2.25. The van der Waals surface area contributed by atoms with Gasteiger partial charge in [-0.25, -0.2) is 0 Å². The van der Waals surface area contributed by atoms with E-state index in [2.05, 4.69) is 5.32 Å². The molecular weight excluding hydrogens is 234 g/mol. The second kappa shape index (κ2) is 6.11. The van der Waals surface area contributed by atoms with E-state index in [1.165, 1.54) is 6.07 Å². The summed E-state index contributed by atoms with van der Waals surface area (Å²) in [6, 6.07) is 4.56. The van der Waals surface area contributed by atoms with Gasteiger partial charge in [0.1, 0.15) is 0 Å². The second-order valence-electron chi connectivity index (χ2n) is 4.27. The van der Waals surface area contributed by atoms with Crippen LogP contribution in [-0.2, 0) is 4.79 Å². The molecule has 6 nitrogen and oxygen atoms in total. The number of nitrogens with two attached hydrogens (primary N) is 1. The van der Waals surface area contributed by atoms with Gasteiger partial charge >= 0.3 is 0 Å². The van der Waals surface area contributed by atoms with E-state index < -0.39 is 4.92 Å². The van der Waals surface area contributed by atoms with Crippen LogP contribution in [0.25, 0.3) is 0 Å². The van der Waals surface area contributed by atoms with E-state index >= 15 is 0 Å². The molecule has 3 N–H and O–H groups in total. The summed E-state index contributed by atoms with van der Waals surface area (Å²) in [5.74, 6) is -0.184. The number of hydrogen-bond donors (Lipinski definition) is 2. The van der Waals surface area contributed by atoms with E-state index in [0.29, 0.717) is 24.1 Å². The van der Waals surface area contributed by atoms with Crippen molar-refractivity contribution in [2.75, 3.05) is 5.32 Å². The summed E-state index contributed by atoms with van der Waals surface area (Å²) in [5, 5.41) is 13.4. The normalized spacial score (nSPS) is 11.9. The summed E-state index contributed by atoms with van der Waals surface area (Å²) in [7, 11) is 0. The lowest BCUT2D eigenvalue weighted by atomic mass is 10.1. The highest BCUT2D eigenvalue weighted by atomic mass is 16.6. The van der Waals surface area contributed by atoms with Gasteiger partial charge in [-0.15, -0.1) is 0 Å². The molecule has 0 aliphatic carbocycles. The SMILES string of the molecule is Cc1c(NC(=O)CCC(C)N)cccc1[N+](=O)[O-]. The minimum atomic E-state index is -0.465. The molecule has 0 aromatic heterocycles. The Morgan fingerprint density at radius 3 is 2.78 bits per heavy atom. The summed E-state index contributed by atoms with van der Waals surface area (Å²) in [6.45, 7) is 3.44. The average molecular weight is 251 g/mol. The van der Waals surface area contributed by atoms with Crippen molar-refractivity contribution < 1.29 is 9.72 Å². The molecule has 0 aliphatic rings. The molecular formula is C12H17N3O3. The molecule has 0 fully saturated rings. The number of nitrogens with zero attached hydrogens (tertiary/aromatic N) is 1. The molecule has 1 aromatic carbocycles. The number of benzene rings is 1. The van der Waals surface area contributed by atoms with E-state index in [9.17, 15) is 14.9 Å². The number of amides is 1. The van der Waals surface area contributed by atoms with Crippen LogP contribution in [0.2, 0.25) is 0 Å². The van der Waals surface area contributed by atoms with Gasteiger partial charge in [0.05, 0.1) is 16.2 Å². The van der Waals surface area contributed by atoms with E-state index in [1.807, 2.05) is 6.92 Å². The van der Waals surface area contributed by atoms with Crippen molar-refractivity contribution in [3.05, 3.63) is 33.9 Å². The van der Waals surface area contributed by atoms with Crippen molar-refractivity contribution in [1.82, 2.24) is 0 Å². The van der Waals surface area contributed by atoms with E-state index in [4.69, 9.17) is 5.73 Å². The Balaban J connectivity index is 2.76. The summed E-state index contributed by atoms with van der Waals surface area (Å²) in [5.41, 5.74) is 6.48. The zero-order valence-corrected chi connectivity index (χ0v) is 10.5. The Hall–Kier alpha value is -1.95. The quantitative estimate of drug-likeness (QED) is 0.617. The molecule has 1 amide bonds. The first kappa shape index (κ1) is 14.1. The number of nitrogens with one attached hydrogen (secondary N) is 1. The van der Waals surface area contributed by atoms with Crippen molar-refractivity contribution in [1.29, 1.82) is 0 Å². The second-order valence-corrected chi connectivity index (χ2v) is 4.27. The van der Waals surface area contributed by atoms with Crippen molar-refractivity contribution in [3.63, 3.8) is 0 Å². The summed E-state index contributed by atoms with van der Waals surface area (Å²) in [4.78, 5) is 21.9. The molecule has 0 saturated carbocycles. The third-order valence-corrected chi connectivity index (χ3v) is 2.60. The van der Waals surface area contributed by atoms with Crippen molar-refractivity contribution in [2.24, 2.45) is 5.73 Å². The number of carbonyl (C=O) groups excluding carboxylic acids is 1. The van der Waals surface area contributed by atoms with Crippen molar-refractivity contribution >= 4 is 17.3 Å². The summed E-state index contributed by atoms with van der Waals surface area (Å²) in [6.07, 6.45) is 0.888. The number of hydrogen-bond acceptors (Lipinski definition) is 4. The Bertz CT molecular complexity index is 458. The molecule has 1 atom stereocenters.